The fourth-order valence-electron chi connectivity index (χ4n) is 1.72. The maximum atomic E-state index is 12.2. The van der Waals surface area contributed by atoms with Crippen molar-refractivity contribution in [3.05, 3.63) is 40.3 Å². The first-order chi connectivity index (χ1) is 9.13. The number of hydrogen-bond acceptors (Lipinski definition) is 3. The lowest BCUT2D eigenvalue weighted by Gasteiger charge is -2.05. The second-order valence-corrected chi connectivity index (χ2v) is 4.92. The standard InChI is InChI=1S/C13H15BrN4O/c1-3-10-8-11(18(4-2)17-10)13(19)16-12-7-9(14)5-6-15-12/h5-8H,3-4H2,1-2H3,(H,15,16,19). The Morgan fingerprint density at radius 1 is 1.42 bits per heavy atom. The van der Waals surface area contributed by atoms with Gasteiger partial charge in [-0.1, -0.05) is 22.9 Å². The normalized spacial score (nSPS) is 10.5. The number of anilines is 1. The zero-order valence-electron chi connectivity index (χ0n) is 10.9. The Kier molecular flexibility index (Phi) is 4.31. The number of amides is 1. The highest BCUT2D eigenvalue weighted by Crippen LogP contribution is 2.14. The van der Waals surface area contributed by atoms with E-state index in [4.69, 9.17) is 0 Å². The van der Waals surface area contributed by atoms with E-state index in [0.717, 1.165) is 16.6 Å². The highest BCUT2D eigenvalue weighted by atomic mass is 79.9. The molecule has 0 fully saturated rings. The van der Waals surface area contributed by atoms with Gasteiger partial charge < -0.3 is 5.32 Å². The highest BCUT2D eigenvalue weighted by Gasteiger charge is 2.14. The van der Waals surface area contributed by atoms with Crippen LogP contribution in [0.3, 0.4) is 0 Å². The number of carbonyl (C=O) groups is 1. The third-order valence-electron chi connectivity index (χ3n) is 2.69. The second kappa shape index (κ2) is 5.97. The van der Waals surface area contributed by atoms with Crippen molar-refractivity contribution in [1.29, 1.82) is 0 Å². The van der Waals surface area contributed by atoms with Crippen LogP contribution in [0.25, 0.3) is 0 Å². The van der Waals surface area contributed by atoms with E-state index >= 15 is 0 Å². The molecule has 1 amide bonds. The molecule has 5 nitrogen and oxygen atoms in total. The molecule has 2 aromatic heterocycles. The lowest BCUT2D eigenvalue weighted by Crippen LogP contribution is -2.17. The minimum absolute atomic E-state index is 0.195. The molecule has 2 rings (SSSR count). The summed E-state index contributed by atoms with van der Waals surface area (Å²) >= 11 is 3.34. The summed E-state index contributed by atoms with van der Waals surface area (Å²) in [4.78, 5) is 16.3. The van der Waals surface area contributed by atoms with Crippen molar-refractivity contribution in [3.63, 3.8) is 0 Å². The van der Waals surface area contributed by atoms with Gasteiger partial charge >= 0.3 is 0 Å². The molecule has 0 aliphatic carbocycles. The molecule has 0 atom stereocenters. The molecular formula is C13H15BrN4O. The van der Waals surface area contributed by atoms with Crippen LogP contribution in [0.4, 0.5) is 5.82 Å². The van der Waals surface area contributed by atoms with Gasteiger partial charge in [-0.05, 0) is 31.5 Å². The van der Waals surface area contributed by atoms with Gasteiger partial charge in [-0.3, -0.25) is 9.48 Å². The number of pyridine rings is 1. The van der Waals surface area contributed by atoms with Crippen molar-refractivity contribution in [2.24, 2.45) is 0 Å². The highest BCUT2D eigenvalue weighted by molar-refractivity contribution is 9.10. The van der Waals surface area contributed by atoms with Gasteiger partial charge in [0, 0.05) is 17.2 Å². The molecule has 0 spiro atoms. The summed E-state index contributed by atoms with van der Waals surface area (Å²) < 4.78 is 2.57. The Bertz CT molecular complexity index is 594. The quantitative estimate of drug-likeness (QED) is 0.941. The monoisotopic (exact) mass is 322 g/mol. The van der Waals surface area contributed by atoms with Crippen LogP contribution < -0.4 is 5.32 Å². The summed E-state index contributed by atoms with van der Waals surface area (Å²) in [7, 11) is 0. The minimum Gasteiger partial charge on any atom is -0.305 e. The molecule has 1 N–H and O–H groups in total. The van der Waals surface area contributed by atoms with E-state index in [1.54, 1.807) is 23.0 Å². The van der Waals surface area contributed by atoms with E-state index in [-0.39, 0.29) is 5.91 Å². The number of hydrogen-bond donors (Lipinski definition) is 1. The van der Waals surface area contributed by atoms with Crippen molar-refractivity contribution in [3.8, 4) is 0 Å². The van der Waals surface area contributed by atoms with Crippen LogP contribution >= 0.6 is 15.9 Å². The summed E-state index contributed by atoms with van der Waals surface area (Å²) in [5, 5.41) is 7.12. The van der Waals surface area contributed by atoms with Gasteiger partial charge in [0.15, 0.2) is 0 Å². The molecule has 0 aliphatic heterocycles. The van der Waals surface area contributed by atoms with E-state index < -0.39 is 0 Å². The van der Waals surface area contributed by atoms with E-state index in [1.165, 1.54) is 0 Å². The maximum Gasteiger partial charge on any atom is 0.275 e. The molecule has 0 radical (unpaired) electrons. The SMILES string of the molecule is CCc1cc(C(=O)Nc2cc(Br)ccn2)n(CC)n1. The Morgan fingerprint density at radius 3 is 2.84 bits per heavy atom. The van der Waals surface area contributed by atoms with Gasteiger partial charge in [0.2, 0.25) is 0 Å². The molecule has 2 aromatic rings. The Balaban J connectivity index is 2.22. The molecular weight excluding hydrogens is 308 g/mol. The molecule has 2 heterocycles. The number of nitrogens with one attached hydrogen (secondary N) is 1. The lowest BCUT2D eigenvalue weighted by atomic mass is 10.3. The van der Waals surface area contributed by atoms with Gasteiger partial charge in [-0.25, -0.2) is 4.98 Å². The molecule has 0 aliphatic rings. The average molecular weight is 323 g/mol. The number of rotatable bonds is 4. The first kappa shape index (κ1) is 13.7. The van der Waals surface area contributed by atoms with Gasteiger partial charge in [0.05, 0.1) is 5.69 Å². The van der Waals surface area contributed by atoms with Crippen LogP contribution in [0.15, 0.2) is 28.9 Å². The summed E-state index contributed by atoms with van der Waals surface area (Å²) in [5.74, 6) is 0.320. The number of aromatic nitrogens is 3. The molecule has 100 valence electrons. The predicted octanol–water partition coefficient (Wildman–Crippen LogP) is 2.88. The van der Waals surface area contributed by atoms with Crippen LogP contribution in [-0.4, -0.2) is 20.7 Å². The Labute approximate surface area is 120 Å². The van der Waals surface area contributed by atoms with Crippen LogP contribution in [-0.2, 0) is 13.0 Å². The van der Waals surface area contributed by atoms with Gasteiger partial charge in [0.25, 0.3) is 5.91 Å². The number of carbonyl (C=O) groups excluding carboxylic acids is 1. The van der Waals surface area contributed by atoms with Crippen LogP contribution in [0.5, 0.6) is 0 Å². The summed E-state index contributed by atoms with van der Waals surface area (Å²) in [6.07, 6.45) is 2.44. The van der Waals surface area contributed by atoms with Crippen LogP contribution in [0.2, 0.25) is 0 Å². The third kappa shape index (κ3) is 3.20. The van der Waals surface area contributed by atoms with E-state index in [1.807, 2.05) is 19.9 Å². The molecule has 0 aromatic carbocycles. The molecule has 0 unspecified atom stereocenters. The topological polar surface area (TPSA) is 59.8 Å². The van der Waals surface area contributed by atoms with Crippen molar-refractivity contribution >= 4 is 27.7 Å². The van der Waals surface area contributed by atoms with Gasteiger partial charge in [0.1, 0.15) is 11.5 Å². The fraction of sp³-hybridized carbons (Fsp3) is 0.308. The molecule has 6 heteroatoms. The van der Waals surface area contributed by atoms with E-state index in [9.17, 15) is 4.79 Å². The summed E-state index contributed by atoms with van der Waals surface area (Å²) in [6.45, 7) is 4.63. The van der Waals surface area contributed by atoms with Crippen molar-refractivity contribution in [2.75, 3.05) is 5.32 Å². The smallest absolute Gasteiger partial charge is 0.275 e. The van der Waals surface area contributed by atoms with Crippen molar-refractivity contribution in [1.82, 2.24) is 14.8 Å². The zero-order chi connectivity index (χ0) is 13.8. The predicted molar refractivity (Wildman–Crippen MR) is 77.2 cm³/mol. The minimum atomic E-state index is -0.195. The number of halogens is 1. The largest absolute Gasteiger partial charge is 0.305 e. The molecule has 0 bridgehead atoms. The molecule has 0 saturated carbocycles. The zero-order valence-corrected chi connectivity index (χ0v) is 12.4. The average Bonchev–Trinajstić information content (AvgIpc) is 2.82. The summed E-state index contributed by atoms with van der Waals surface area (Å²) in [5.41, 5.74) is 1.47. The third-order valence-corrected chi connectivity index (χ3v) is 3.18. The van der Waals surface area contributed by atoms with E-state index in [0.29, 0.717) is 18.1 Å². The summed E-state index contributed by atoms with van der Waals surface area (Å²) in [6, 6.07) is 5.38. The van der Waals surface area contributed by atoms with Gasteiger partial charge in [-0.2, -0.15) is 5.10 Å². The Morgan fingerprint density at radius 2 is 2.21 bits per heavy atom. The second-order valence-electron chi connectivity index (χ2n) is 4.00. The maximum absolute atomic E-state index is 12.2. The number of nitrogens with zero attached hydrogens (tertiary/aromatic N) is 3. The number of aryl methyl sites for hydroxylation is 2. The van der Waals surface area contributed by atoms with Crippen LogP contribution in [0, 0.1) is 0 Å². The van der Waals surface area contributed by atoms with Crippen molar-refractivity contribution < 1.29 is 4.79 Å². The van der Waals surface area contributed by atoms with E-state index in [2.05, 4.69) is 31.3 Å². The van der Waals surface area contributed by atoms with Crippen LogP contribution in [0.1, 0.15) is 30.0 Å². The first-order valence-electron chi connectivity index (χ1n) is 6.13. The first-order valence-corrected chi connectivity index (χ1v) is 6.93. The lowest BCUT2D eigenvalue weighted by molar-refractivity contribution is 0.101. The molecule has 19 heavy (non-hydrogen) atoms. The van der Waals surface area contributed by atoms with Crippen molar-refractivity contribution in [2.45, 2.75) is 26.8 Å². The molecule has 0 saturated heterocycles. The van der Waals surface area contributed by atoms with Gasteiger partial charge in [-0.15, -0.1) is 0 Å². The fourth-order valence-corrected chi connectivity index (χ4v) is 2.06. The Hall–Kier alpha value is -1.69.